The summed E-state index contributed by atoms with van der Waals surface area (Å²) in [7, 11) is 0. The van der Waals surface area contributed by atoms with E-state index in [0.29, 0.717) is 5.56 Å². The number of nitrogens with zero attached hydrogens (tertiary/aromatic N) is 1. The molecule has 0 fully saturated rings. The van der Waals surface area contributed by atoms with Crippen LogP contribution in [0, 0.1) is 13.7 Å². The number of ketones is 1. The quantitative estimate of drug-likeness (QED) is 0.264. The molecule has 0 heterocycles. The predicted octanol–water partition coefficient (Wildman–Crippen LogP) is 4.10. The monoisotopic (exact) mass is 379 g/mol. The van der Waals surface area contributed by atoms with Gasteiger partial charge in [-0.25, -0.2) is 0 Å². The number of rotatable bonds is 4. The lowest BCUT2D eigenvalue weighted by atomic mass is 10.1. The van der Waals surface area contributed by atoms with Gasteiger partial charge < -0.3 is 0 Å². The van der Waals surface area contributed by atoms with Gasteiger partial charge in [-0.1, -0.05) is 36.4 Å². The van der Waals surface area contributed by atoms with Gasteiger partial charge in [-0.3, -0.25) is 14.9 Å². The molecule has 5 heteroatoms. The molecular formula is C15H10INO3. The number of benzene rings is 2. The van der Waals surface area contributed by atoms with Crippen LogP contribution in [0.2, 0.25) is 0 Å². The van der Waals surface area contributed by atoms with Gasteiger partial charge in [0.05, 0.1) is 4.92 Å². The van der Waals surface area contributed by atoms with Gasteiger partial charge in [0.15, 0.2) is 5.78 Å². The van der Waals surface area contributed by atoms with Gasteiger partial charge in [-0.05, 0) is 40.3 Å². The van der Waals surface area contributed by atoms with Gasteiger partial charge in [0.2, 0.25) is 0 Å². The van der Waals surface area contributed by atoms with Gasteiger partial charge in [0.25, 0.3) is 5.69 Å². The second-order valence-corrected chi connectivity index (χ2v) is 5.19. The molecule has 2 aromatic carbocycles. The third-order valence-corrected chi connectivity index (χ3v) is 3.64. The molecule has 0 bridgehead atoms. The molecule has 0 atom stereocenters. The number of halogens is 1. The molecule has 0 amide bonds. The first-order valence-electron chi connectivity index (χ1n) is 5.79. The van der Waals surface area contributed by atoms with Crippen LogP contribution in [0.5, 0.6) is 0 Å². The molecule has 0 aliphatic heterocycles. The molecule has 2 rings (SSSR count). The summed E-state index contributed by atoms with van der Waals surface area (Å²) in [6.45, 7) is 0. The summed E-state index contributed by atoms with van der Waals surface area (Å²) in [6, 6.07) is 13.4. The van der Waals surface area contributed by atoms with Crippen molar-refractivity contribution in [2.24, 2.45) is 0 Å². The summed E-state index contributed by atoms with van der Waals surface area (Å²) in [5.74, 6) is -0.256. The standard InChI is InChI=1S/C15H10INO3/c16-14-7-2-1-4-11(14)8-9-15(18)12-5-3-6-13(10-12)17(19)20/h1-10H. The van der Waals surface area contributed by atoms with Crippen molar-refractivity contribution < 1.29 is 9.72 Å². The number of non-ortho nitro benzene ring substituents is 1. The second-order valence-electron chi connectivity index (χ2n) is 4.03. The van der Waals surface area contributed by atoms with E-state index < -0.39 is 4.92 Å². The van der Waals surface area contributed by atoms with Crippen molar-refractivity contribution in [1.29, 1.82) is 0 Å². The lowest BCUT2D eigenvalue weighted by Crippen LogP contribution is -1.96. The maximum atomic E-state index is 12.0. The Bertz CT molecular complexity index is 695. The van der Waals surface area contributed by atoms with Crippen LogP contribution in [-0.2, 0) is 0 Å². The van der Waals surface area contributed by atoms with Crippen LogP contribution >= 0.6 is 22.6 Å². The Morgan fingerprint density at radius 1 is 1.15 bits per heavy atom. The maximum Gasteiger partial charge on any atom is 0.270 e. The van der Waals surface area contributed by atoms with Crippen molar-refractivity contribution in [1.82, 2.24) is 0 Å². The molecular weight excluding hydrogens is 369 g/mol. The Balaban J connectivity index is 2.22. The zero-order valence-electron chi connectivity index (χ0n) is 10.3. The molecule has 0 N–H and O–H groups in total. The van der Waals surface area contributed by atoms with Crippen LogP contribution in [0.3, 0.4) is 0 Å². The number of carbonyl (C=O) groups is 1. The minimum absolute atomic E-state index is 0.0847. The van der Waals surface area contributed by atoms with Crippen molar-refractivity contribution in [2.45, 2.75) is 0 Å². The molecule has 0 radical (unpaired) electrons. The predicted molar refractivity (Wildman–Crippen MR) is 85.6 cm³/mol. The first kappa shape index (κ1) is 14.4. The van der Waals surface area contributed by atoms with E-state index in [4.69, 9.17) is 0 Å². The fraction of sp³-hybridized carbons (Fsp3) is 0. The Morgan fingerprint density at radius 2 is 1.90 bits per heavy atom. The molecule has 0 saturated heterocycles. The van der Waals surface area contributed by atoms with E-state index in [2.05, 4.69) is 22.6 Å². The fourth-order valence-corrected chi connectivity index (χ4v) is 2.21. The van der Waals surface area contributed by atoms with Crippen LogP contribution in [0.4, 0.5) is 5.69 Å². The number of carbonyl (C=O) groups excluding carboxylic acids is 1. The molecule has 0 spiro atoms. The first-order chi connectivity index (χ1) is 9.58. The van der Waals surface area contributed by atoms with E-state index in [1.165, 1.54) is 24.3 Å². The van der Waals surface area contributed by atoms with E-state index in [1.54, 1.807) is 12.1 Å². The SMILES string of the molecule is O=C(C=Cc1ccccc1I)c1cccc([N+](=O)[O-])c1. The third kappa shape index (κ3) is 3.51. The van der Waals surface area contributed by atoms with E-state index in [-0.39, 0.29) is 11.5 Å². The van der Waals surface area contributed by atoms with Gasteiger partial charge >= 0.3 is 0 Å². The molecule has 4 nitrogen and oxygen atoms in total. The highest BCUT2D eigenvalue weighted by Crippen LogP contribution is 2.16. The third-order valence-electron chi connectivity index (χ3n) is 2.66. The van der Waals surface area contributed by atoms with Crippen molar-refractivity contribution in [3.05, 3.63) is 79.4 Å². The normalized spacial score (nSPS) is 10.7. The largest absolute Gasteiger partial charge is 0.289 e. The zero-order valence-corrected chi connectivity index (χ0v) is 12.5. The summed E-state index contributed by atoms with van der Waals surface area (Å²) < 4.78 is 1.04. The highest BCUT2D eigenvalue weighted by Gasteiger charge is 2.09. The number of nitro groups is 1. The lowest BCUT2D eigenvalue weighted by Gasteiger charge is -1.98. The number of hydrogen-bond donors (Lipinski definition) is 0. The Kier molecular flexibility index (Phi) is 4.62. The van der Waals surface area contributed by atoms with Crippen LogP contribution in [0.1, 0.15) is 15.9 Å². The highest BCUT2D eigenvalue weighted by molar-refractivity contribution is 14.1. The summed E-state index contributed by atoms with van der Waals surface area (Å²) in [6.07, 6.45) is 3.14. The van der Waals surface area contributed by atoms with Gasteiger partial charge in [-0.2, -0.15) is 0 Å². The maximum absolute atomic E-state index is 12.0. The fourth-order valence-electron chi connectivity index (χ4n) is 1.64. The molecule has 0 aliphatic rings. The van der Waals surface area contributed by atoms with Crippen LogP contribution in [-0.4, -0.2) is 10.7 Å². The minimum Gasteiger partial charge on any atom is -0.289 e. The lowest BCUT2D eigenvalue weighted by molar-refractivity contribution is -0.384. The first-order valence-corrected chi connectivity index (χ1v) is 6.87. The molecule has 100 valence electrons. The van der Waals surface area contributed by atoms with E-state index >= 15 is 0 Å². The number of hydrogen-bond acceptors (Lipinski definition) is 3. The molecule has 0 aromatic heterocycles. The molecule has 20 heavy (non-hydrogen) atoms. The second kappa shape index (κ2) is 6.42. The number of allylic oxidation sites excluding steroid dienone is 1. The Hall–Kier alpha value is -2.02. The topological polar surface area (TPSA) is 60.2 Å². The van der Waals surface area contributed by atoms with E-state index in [1.807, 2.05) is 24.3 Å². The molecule has 2 aromatic rings. The van der Waals surface area contributed by atoms with Crippen molar-refractivity contribution in [3.8, 4) is 0 Å². The Morgan fingerprint density at radius 3 is 2.60 bits per heavy atom. The smallest absolute Gasteiger partial charge is 0.270 e. The summed E-state index contributed by atoms with van der Waals surface area (Å²) in [5.41, 5.74) is 1.16. The summed E-state index contributed by atoms with van der Waals surface area (Å²) >= 11 is 2.18. The van der Waals surface area contributed by atoms with Gasteiger partial charge in [-0.15, -0.1) is 0 Å². The number of nitro benzene ring substituents is 1. The average Bonchev–Trinajstić information content (AvgIpc) is 2.46. The van der Waals surface area contributed by atoms with E-state index in [0.717, 1.165) is 9.13 Å². The highest BCUT2D eigenvalue weighted by atomic mass is 127. The summed E-state index contributed by atoms with van der Waals surface area (Å²) in [5, 5.41) is 10.7. The zero-order chi connectivity index (χ0) is 14.5. The Labute approximate surface area is 129 Å². The van der Waals surface area contributed by atoms with Crippen molar-refractivity contribution in [2.75, 3.05) is 0 Å². The molecule has 0 unspecified atom stereocenters. The molecule has 0 saturated carbocycles. The van der Waals surface area contributed by atoms with E-state index in [9.17, 15) is 14.9 Å². The van der Waals surface area contributed by atoms with Crippen LogP contribution in [0.25, 0.3) is 6.08 Å². The van der Waals surface area contributed by atoms with Gasteiger partial charge in [0, 0.05) is 21.3 Å². The van der Waals surface area contributed by atoms with Crippen molar-refractivity contribution >= 4 is 40.1 Å². The van der Waals surface area contributed by atoms with Crippen molar-refractivity contribution in [3.63, 3.8) is 0 Å². The van der Waals surface area contributed by atoms with Crippen LogP contribution < -0.4 is 0 Å². The average molecular weight is 379 g/mol. The van der Waals surface area contributed by atoms with Gasteiger partial charge in [0.1, 0.15) is 0 Å². The van der Waals surface area contributed by atoms with Crippen LogP contribution in [0.15, 0.2) is 54.6 Å². The summed E-state index contributed by atoms with van der Waals surface area (Å²) in [4.78, 5) is 22.2. The molecule has 0 aliphatic carbocycles. The minimum atomic E-state index is -0.513.